The van der Waals surface area contributed by atoms with E-state index >= 15 is 0 Å². The predicted molar refractivity (Wildman–Crippen MR) is 78.4 cm³/mol. The normalized spacial score (nSPS) is 19.6. The van der Waals surface area contributed by atoms with Crippen molar-refractivity contribution in [3.05, 3.63) is 61.8 Å². The SMILES string of the molecule is O=[N+]([O-])C1=CC(c2ccc(O)c([N+](=O)[O-])c2)=CC(C(F)(F)F)(C(F)(F)F)C1O. The van der Waals surface area contributed by atoms with Gasteiger partial charge in [-0.1, -0.05) is 6.07 Å². The van der Waals surface area contributed by atoms with Crippen molar-refractivity contribution >= 4 is 11.3 Å². The molecule has 14 heteroatoms. The van der Waals surface area contributed by atoms with E-state index in [2.05, 4.69) is 0 Å². The molecule has 1 aliphatic carbocycles. The fraction of sp³-hybridized carbons (Fsp3) is 0.286. The smallest absolute Gasteiger partial charge is 0.409 e. The first kappa shape index (κ1) is 21.1. The van der Waals surface area contributed by atoms with Gasteiger partial charge in [-0.2, -0.15) is 26.3 Å². The van der Waals surface area contributed by atoms with E-state index in [-0.39, 0.29) is 6.08 Å². The van der Waals surface area contributed by atoms with Crippen LogP contribution in [0.2, 0.25) is 0 Å². The van der Waals surface area contributed by atoms with Crippen LogP contribution in [0, 0.1) is 25.6 Å². The monoisotopic (exact) mass is 414 g/mol. The Hall–Kier alpha value is -3.16. The highest BCUT2D eigenvalue weighted by molar-refractivity contribution is 5.79. The highest BCUT2D eigenvalue weighted by atomic mass is 19.4. The van der Waals surface area contributed by atoms with E-state index in [1.165, 1.54) is 0 Å². The number of nitrogens with zero attached hydrogens (tertiary/aromatic N) is 2. The first-order valence-electron chi connectivity index (χ1n) is 7.01. The largest absolute Gasteiger partial charge is 0.502 e. The van der Waals surface area contributed by atoms with Gasteiger partial charge >= 0.3 is 18.0 Å². The summed E-state index contributed by atoms with van der Waals surface area (Å²) in [7, 11) is 0. The maximum Gasteiger partial charge on any atom is 0.409 e. The Bertz CT molecular complexity index is 891. The van der Waals surface area contributed by atoms with E-state index < -0.39 is 68.1 Å². The molecule has 0 fully saturated rings. The van der Waals surface area contributed by atoms with Crippen LogP contribution >= 0.6 is 0 Å². The molecule has 1 aromatic carbocycles. The predicted octanol–water partition coefficient (Wildman–Crippen LogP) is 3.33. The van der Waals surface area contributed by atoms with Gasteiger partial charge in [0.2, 0.25) is 5.41 Å². The van der Waals surface area contributed by atoms with Crippen LogP contribution in [0.3, 0.4) is 0 Å². The fourth-order valence-electron chi connectivity index (χ4n) is 2.64. The van der Waals surface area contributed by atoms with Gasteiger partial charge in [-0.25, -0.2) is 0 Å². The van der Waals surface area contributed by atoms with Gasteiger partial charge in [0, 0.05) is 12.1 Å². The first-order chi connectivity index (χ1) is 12.6. The second-order valence-electron chi connectivity index (χ2n) is 5.65. The van der Waals surface area contributed by atoms with E-state index in [4.69, 9.17) is 0 Å². The van der Waals surface area contributed by atoms with Crippen molar-refractivity contribution in [2.24, 2.45) is 5.41 Å². The molecule has 2 N–H and O–H groups in total. The number of allylic oxidation sites excluding steroid dienone is 2. The second-order valence-corrected chi connectivity index (χ2v) is 5.65. The van der Waals surface area contributed by atoms with Crippen LogP contribution in [-0.2, 0) is 0 Å². The van der Waals surface area contributed by atoms with Crippen LogP contribution in [-0.4, -0.2) is 38.5 Å². The molecule has 8 nitrogen and oxygen atoms in total. The molecule has 0 aliphatic heterocycles. The zero-order valence-electron chi connectivity index (χ0n) is 13.2. The third-order valence-electron chi connectivity index (χ3n) is 4.05. The zero-order valence-corrected chi connectivity index (χ0v) is 13.2. The standard InChI is InChI=1S/C14H8F6N2O6/c15-13(16,17)12(14(18,19)20)5-7(4-9(11(12)24)22(27)28)6-1-2-10(23)8(3-6)21(25)26/h1-5,11,23-24H. The number of hydrogen-bond donors (Lipinski definition) is 2. The molecule has 28 heavy (non-hydrogen) atoms. The van der Waals surface area contributed by atoms with Crippen molar-refractivity contribution in [1.29, 1.82) is 0 Å². The van der Waals surface area contributed by atoms with Crippen molar-refractivity contribution in [2.45, 2.75) is 18.5 Å². The number of nitro benzene ring substituents is 1. The van der Waals surface area contributed by atoms with Crippen LogP contribution in [0.25, 0.3) is 5.57 Å². The first-order valence-corrected chi connectivity index (χ1v) is 7.01. The lowest BCUT2D eigenvalue weighted by Gasteiger charge is -2.39. The average molecular weight is 414 g/mol. The molecule has 1 unspecified atom stereocenters. The van der Waals surface area contributed by atoms with Crippen LogP contribution in [0.5, 0.6) is 5.75 Å². The summed E-state index contributed by atoms with van der Waals surface area (Å²) in [6.45, 7) is 0. The lowest BCUT2D eigenvalue weighted by molar-refractivity contribution is -0.452. The third-order valence-corrected chi connectivity index (χ3v) is 4.05. The fourth-order valence-corrected chi connectivity index (χ4v) is 2.64. The van der Waals surface area contributed by atoms with Crippen LogP contribution in [0.4, 0.5) is 32.0 Å². The van der Waals surface area contributed by atoms with Crippen molar-refractivity contribution in [3.63, 3.8) is 0 Å². The van der Waals surface area contributed by atoms with Gasteiger partial charge in [-0.3, -0.25) is 20.2 Å². The Morgan fingerprint density at radius 2 is 1.54 bits per heavy atom. The molecule has 152 valence electrons. The summed E-state index contributed by atoms with van der Waals surface area (Å²) in [6, 6.07) is 1.81. The molecule has 1 aromatic rings. The molecule has 2 rings (SSSR count). The summed E-state index contributed by atoms with van der Waals surface area (Å²) in [6.07, 6.45) is -16.2. The van der Waals surface area contributed by atoms with Crippen LogP contribution < -0.4 is 0 Å². The molecule has 0 saturated heterocycles. The molecule has 0 saturated carbocycles. The van der Waals surface area contributed by atoms with Gasteiger partial charge in [0.05, 0.1) is 9.85 Å². The number of nitro groups is 2. The summed E-state index contributed by atoms with van der Waals surface area (Å²) >= 11 is 0. The number of halogens is 6. The number of alkyl halides is 6. The molecule has 1 atom stereocenters. The number of aliphatic hydroxyl groups is 1. The Labute approximate surface area is 150 Å². The van der Waals surface area contributed by atoms with Crippen LogP contribution in [0.1, 0.15) is 5.56 Å². The van der Waals surface area contributed by atoms with Gasteiger partial charge in [0.25, 0.3) is 5.70 Å². The molecule has 0 spiro atoms. The quantitative estimate of drug-likeness (QED) is 0.444. The third kappa shape index (κ3) is 3.15. The summed E-state index contributed by atoms with van der Waals surface area (Å²) in [4.78, 5) is 19.0. The van der Waals surface area contributed by atoms with Crippen molar-refractivity contribution in [1.82, 2.24) is 0 Å². The molecule has 0 amide bonds. The van der Waals surface area contributed by atoms with Crippen LogP contribution in [0.15, 0.2) is 36.0 Å². The highest BCUT2D eigenvalue weighted by Gasteiger charge is 2.76. The van der Waals surface area contributed by atoms with Gasteiger partial charge in [0.1, 0.15) is 0 Å². The lowest BCUT2D eigenvalue weighted by atomic mass is 9.73. The Balaban J connectivity index is 2.87. The van der Waals surface area contributed by atoms with E-state index in [0.29, 0.717) is 12.1 Å². The van der Waals surface area contributed by atoms with Crippen molar-refractivity contribution < 1.29 is 46.4 Å². The number of rotatable bonds is 3. The molecule has 0 heterocycles. The van der Waals surface area contributed by atoms with E-state index in [1.807, 2.05) is 0 Å². The molecular formula is C14H8F6N2O6. The van der Waals surface area contributed by atoms with E-state index in [1.54, 1.807) is 0 Å². The molecule has 1 aliphatic rings. The summed E-state index contributed by atoms with van der Waals surface area (Å²) in [5.41, 5.74) is -9.57. The topological polar surface area (TPSA) is 127 Å². The van der Waals surface area contributed by atoms with E-state index in [0.717, 1.165) is 6.07 Å². The highest BCUT2D eigenvalue weighted by Crippen LogP contribution is 2.57. The Morgan fingerprint density at radius 1 is 1.00 bits per heavy atom. The lowest BCUT2D eigenvalue weighted by Crippen LogP contribution is -2.58. The minimum Gasteiger partial charge on any atom is -0.502 e. The second kappa shape index (κ2) is 6.47. The van der Waals surface area contributed by atoms with Crippen molar-refractivity contribution in [2.75, 3.05) is 0 Å². The molecular weight excluding hydrogens is 406 g/mol. The minimum atomic E-state index is -6.20. The average Bonchev–Trinajstić information content (AvgIpc) is 2.52. The Morgan fingerprint density at radius 3 is 1.96 bits per heavy atom. The minimum absolute atomic E-state index is 0.247. The van der Waals surface area contributed by atoms with Gasteiger partial charge in [0.15, 0.2) is 11.9 Å². The number of phenols is 1. The number of benzene rings is 1. The number of aliphatic hydroxyl groups excluding tert-OH is 1. The number of phenolic OH excluding ortho intramolecular Hbond substituents is 1. The summed E-state index contributed by atoms with van der Waals surface area (Å²) < 4.78 is 80.5. The zero-order chi connectivity index (χ0) is 21.7. The number of hydrogen-bond acceptors (Lipinski definition) is 6. The summed E-state index contributed by atoms with van der Waals surface area (Å²) in [5, 5.41) is 40.8. The maximum atomic E-state index is 13.4. The molecule has 0 bridgehead atoms. The summed E-state index contributed by atoms with van der Waals surface area (Å²) in [5.74, 6) is -0.929. The van der Waals surface area contributed by atoms with E-state index in [9.17, 15) is 56.8 Å². The molecule has 0 aromatic heterocycles. The van der Waals surface area contributed by atoms with Crippen molar-refractivity contribution in [3.8, 4) is 5.75 Å². The maximum absolute atomic E-state index is 13.4. The number of aromatic hydroxyl groups is 1. The molecule has 0 radical (unpaired) electrons. The van der Waals surface area contributed by atoms with Gasteiger partial charge in [-0.15, -0.1) is 0 Å². The van der Waals surface area contributed by atoms with Gasteiger partial charge < -0.3 is 10.2 Å². The Kier molecular flexibility index (Phi) is 4.89. The van der Waals surface area contributed by atoms with Gasteiger partial charge in [-0.05, 0) is 23.3 Å².